The van der Waals surface area contributed by atoms with E-state index in [-0.39, 0.29) is 6.04 Å². The quantitative estimate of drug-likeness (QED) is 0.813. The highest BCUT2D eigenvalue weighted by molar-refractivity contribution is 5.34. The molecule has 1 aliphatic rings. The lowest BCUT2D eigenvalue weighted by Crippen LogP contribution is -2.33. The first-order valence-corrected chi connectivity index (χ1v) is 7.20. The van der Waals surface area contributed by atoms with E-state index in [1.165, 1.54) is 38.5 Å². The van der Waals surface area contributed by atoms with Crippen molar-refractivity contribution in [2.24, 2.45) is 0 Å². The van der Waals surface area contributed by atoms with E-state index in [2.05, 4.69) is 18.9 Å². The molecule has 100 valence electrons. The van der Waals surface area contributed by atoms with Crippen molar-refractivity contribution in [3.63, 3.8) is 0 Å². The minimum Gasteiger partial charge on any atom is -0.508 e. The van der Waals surface area contributed by atoms with Gasteiger partial charge in [-0.3, -0.25) is 4.90 Å². The molecule has 0 amide bonds. The minimum absolute atomic E-state index is 0.286. The molecule has 0 aromatic heterocycles. The Morgan fingerprint density at radius 3 is 2.33 bits per heavy atom. The van der Waals surface area contributed by atoms with E-state index >= 15 is 0 Å². The van der Waals surface area contributed by atoms with Gasteiger partial charge in [-0.05, 0) is 32.9 Å². The lowest BCUT2D eigenvalue weighted by molar-refractivity contribution is 0.166. The minimum atomic E-state index is 0.286. The van der Waals surface area contributed by atoms with Crippen LogP contribution in [-0.4, -0.2) is 23.1 Å². The number of phenolic OH excluding ortho intramolecular Hbond substituents is 1. The second kappa shape index (κ2) is 6.24. The highest BCUT2D eigenvalue weighted by Gasteiger charge is 2.23. The van der Waals surface area contributed by atoms with E-state index in [4.69, 9.17) is 0 Å². The maximum atomic E-state index is 9.96. The van der Waals surface area contributed by atoms with Gasteiger partial charge in [0, 0.05) is 17.6 Å². The SMILES string of the molecule is CC(c1ccccc1O)N(C)C1CCCCCC1. The number of hydrogen-bond acceptors (Lipinski definition) is 2. The molecule has 2 nitrogen and oxygen atoms in total. The van der Waals surface area contributed by atoms with Crippen molar-refractivity contribution in [1.29, 1.82) is 0 Å². The van der Waals surface area contributed by atoms with Crippen molar-refractivity contribution in [2.45, 2.75) is 57.5 Å². The average molecular weight is 247 g/mol. The number of para-hydroxylation sites is 1. The highest BCUT2D eigenvalue weighted by atomic mass is 16.3. The molecule has 0 radical (unpaired) electrons. The van der Waals surface area contributed by atoms with Crippen LogP contribution in [0.15, 0.2) is 24.3 Å². The first kappa shape index (κ1) is 13.4. The van der Waals surface area contributed by atoms with E-state index in [0.717, 1.165) is 5.56 Å². The predicted molar refractivity (Wildman–Crippen MR) is 75.8 cm³/mol. The van der Waals surface area contributed by atoms with E-state index in [0.29, 0.717) is 11.8 Å². The Bertz CT molecular complexity index is 369. The summed E-state index contributed by atoms with van der Waals surface area (Å²) >= 11 is 0. The molecule has 2 heteroatoms. The van der Waals surface area contributed by atoms with Gasteiger partial charge in [-0.15, -0.1) is 0 Å². The number of hydrogen-bond donors (Lipinski definition) is 1. The summed E-state index contributed by atoms with van der Waals surface area (Å²) in [5.41, 5.74) is 1.05. The molecule has 0 spiro atoms. The Balaban J connectivity index is 2.07. The van der Waals surface area contributed by atoms with Crippen LogP contribution < -0.4 is 0 Å². The van der Waals surface area contributed by atoms with Crippen molar-refractivity contribution in [2.75, 3.05) is 7.05 Å². The van der Waals surface area contributed by atoms with Crippen molar-refractivity contribution in [3.05, 3.63) is 29.8 Å². The summed E-state index contributed by atoms with van der Waals surface area (Å²) in [7, 11) is 2.20. The Hall–Kier alpha value is -1.02. The van der Waals surface area contributed by atoms with Crippen LogP contribution >= 0.6 is 0 Å². The van der Waals surface area contributed by atoms with Gasteiger partial charge in [0.1, 0.15) is 5.75 Å². The predicted octanol–water partition coefficient (Wildman–Crippen LogP) is 4.11. The monoisotopic (exact) mass is 247 g/mol. The standard InChI is InChI=1S/C16H25NO/c1-13(15-11-7-8-12-16(15)18)17(2)14-9-5-3-4-6-10-14/h7-8,11-14,18H,3-6,9-10H2,1-2H3. The van der Waals surface area contributed by atoms with E-state index in [1.54, 1.807) is 6.07 Å². The number of phenols is 1. The summed E-state index contributed by atoms with van der Waals surface area (Å²) in [5, 5.41) is 9.96. The molecule has 1 atom stereocenters. The zero-order valence-electron chi connectivity index (χ0n) is 11.6. The van der Waals surface area contributed by atoms with E-state index in [1.807, 2.05) is 18.2 Å². The number of benzene rings is 1. The molecule has 2 rings (SSSR count). The molecule has 0 saturated heterocycles. The van der Waals surface area contributed by atoms with Crippen molar-refractivity contribution in [1.82, 2.24) is 4.90 Å². The smallest absolute Gasteiger partial charge is 0.120 e. The Kier molecular flexibility index (Phi) is 4.65. The van der Waals surface area contributed by atoms with Crippen LogP contribution in [0.3, 0.4) is 0 Å². The third kappa shape index (κ3) is 3.05. The van der Waals surface area contributed by atoms with Gasteiger partial charge < -0.3 is 5.11 Å². The first-order chi connectivity index (χ1) is 8.70. The number of nitrogens with zero attached hydrogens (tertiary/aromatic N) is 1. The van der Waals surface area contributed by atoms with Gasteiger partial charge in [0.05, 0.1) is 0 Å². The van der Waals surface area contributed by atoms with Gasteiger partial charge in [-0.1, -0.05) is 43.9 Å². The van der Waals surface area contributed by atoms with Crippen LogP contribution in [0, 0.1) is 0 Å². The molecule has 1 N–H and O–H groups in total. The lowest BCUT2D eigenvalue weighted by Gasteiger charge is -2.33. The van der Waals surface area contributed by atoms with Gasteiger partial charge in [-0.25, -0.2) is 0 Å². The molecule has 1 aromatic carbocycles. The van der Waals surface area contributed by atoms with E-state index in [9.17, 15) is 5.11 Å². The fourth-order valence-corrected chi connectivity index (χ4v) is 3.04. The number of aromatic hydroxyl groups is 1. The molecule has 1 unspecified atom stereocenters. The summed E-state index contributed by atoms with van der Waals surface area (Å²) in [5.74, 6) is 0.422. The summed E-state index contributed by atoms with van der Waals surface area (Å²) in [6.45, 7) is 2.19. The zero-order chi connectivity index (χ0) is 13.0. The molecular formula is C16H25NO. The molecule has 1 aliphatic carbocycles. The van der Waals surface area contributed by atoms with Gasteiger partial charge in [0.15, 0.2) is 0 Å². The topological polar surface area (TPSA) is 23.5 Å². The zero-order valence-corrected chi connectivity index (χ0v) is 11.6. The molecule has 1 fully saturated rings. The van der Waals surface area contributed by atoms with Gasteiger partial charge in [-0.2, -0.15) is 0 Å². The second-order valence-electron chi connectivity index (χ2n) is 5.55. The van der Waals surface area contributed by atoms with Crippen LogP contribution in [0.5, 0.6) is 5.75 Å². The van der Waals surface area contributed by atoms with Crippen LogP contribution in [0.2, 0.25) is 0 Å². The lowest BCUT2D eigenvalue weighted by atomic mass is 10.0. The molecular weight excluding hydrogens is 222 g/mol. The van der Waals surface area contributed by atoms with Crippen LogP contribution in [0.4, 0.5) is 0 Å². The highest BCUT2D eigenvalue weighted by Crippen LogP contribution is 2.31. The maximum Gasteiger partial charge on any atom is 0.120 e. The largest absolute Gasteiger partial charge is 0.508 e. The molecule has 0 aliphatic heterocycles. The van der Waals surface area contributed by atoms with Crippen molar-refractivity contribution < 1.29 is 5.11 Å². The summed E-state index contributed by atoms with van der Waals surface area (Å²) in [6.07, 6.45) is 8.07. The number of rotatable bonds is 3. The van der Waals surface area contributed by atoms with Gasteiger partial charge in [0.2, 0.25) is 0 Å². The molecule has 0 bridgehead atoms. The Labute approximate surface area is 111 Å². The average Bonchev–Trinajstić information content (AvgIpc) is 2.66. The van der Waals surface area contributed by atoms with E-state index < -0.39 is 0 Å². The summed E-state index contributed by atoms with van der Waals surface area (Å²) in [6, 6.07) is 8.67. The fraction of sp³-hybridized carbons (Fsp3) is 0.625. The molecule has 18 heavy (non-hydrogen) atoms. The van der Waals surface area contributed by atoms with Crippen molar-refractivity contribution >= 4 is 0 Å². The van der Waals surface area contributed by atoms with Crippen LogP contribution in [-0.2, 0) is 0 Å². The van der Waals surface area contributed by atoms with Crippen molar-refractivity contribution in [3.8, 4) is 5.75 Å². The third-order valence-electron chi connectivity index (χ3n) is 4.40. The molecule has 1 saturated carbocycles. The molecule has 1 aromatic rings. The van der Waals surface area contributed by atoms with Gasteiger partial charge in [0.25, 0.3) is 0 Å². The normalized spacial score (nSPS) is 19.7. The Morgan fingerprint density at radius 2 is 1.72 bits per heavy atom. The summed E-state index contributed by atoms with van der Waals surface area (Å²) < 4.78 is 0. The van der Waals surface area contributed by atoms with Gasteiger partial charge >= 0.3 is 0 Å². The fourth-order valence-electron chi connectivity index (χ4n) is 3.04. The van der Waals surface area contributed by atoms with Crippen LogP contribution in [0.1, 0.15) is 57.1 Å². The van der Waals surface area contributed by atoms with Crippen LogP contribution in [0.25, 0.3) is 0 Å². The second-order valence-corrected chi connectivity index (χ2v) is 5.55. The first-order valence-electron chi connectivity index (χ1n) is 7.20. The summed E-state index contributed by atoms with van der Waals surface area (Å²) in [4.78, 5) is 2.44. The molecule has 0 heterocycles. The Morgan fingerprint density at radius 1 is 1.11 bits per heavy atom. The maximum absolute atomic E-state index is 9.96. The third-order valence-corrected chi connectivity index (χ3v) is 4.40.